The van der Waals surface area contributed by atoms with Crippen LogP contribution in [0.15, 0.2) is 0 Å². The van der Waals surface area contributed by atoms with Gasteiger partial charge in [-0.05, 0) is 6.92 Å². The van der Waals surface area contributed by atoms with E-state index in [1.54, 1.807) is 7.11 Å². The first-order valence-electron chi connectivity index (χ1n) is 5.03. The standard InChI is InChI=1S/C7H14O4.C3H8O2/c1-7(8)11-6-5-10-4-3-9-2;1-3(5)2-4/h3-6H2,1-2H3;3-5H,2H2,1H3. The van der Waals surface area contributed by atoms with Crippen molar-refractivity contribution in [1.29, 1.82) is 0 Å². The number of ether oxygens (including phenoxy) is 3. The Kier molecular flexibility index (Phi) is 15.8. The number of esters is 1. The van der Waals surface area contributed by atoms with Gasteiger partial charge < -0.3 is 24.4 Å². The van der Waals surface area contributed by atoms with Gasteiger partial charge >= 0.3 is 5.97 Å². The molecule has 98 valence electrons. The molecule has 0 fully saturated rings. The Balaban J connectivity index is 0. The number of carbonyl (C=O) groups excluding carboxylic acids is 1. The molecule has 0 saturated heterocycles. The first-order chi connectivity index (χ1) is 7.54. The quantitative estimate of drug-likeness (QED) is 0.462. The van der Waals surface area contributed by atoms with E-state index >= 15 is 0 Å². The van der Waals surface area contributed by atoms with E-state index < -0.39 is 6.10 Å². The molecule has 0 heterocycles. The third kappa shape index (κ3) is 23.3. The SMILES string of the molecule is CC(O)CO.COCCOCCOC(C)=O. The van der Waals surface area contributed by atoms with Crippen LogP contribution < -0.4 is 0 Å². The van der Waals surface area contributed by atoms with Crippen LogP contribution in [-0.2, 0) is 19.0 Å². The Morgan fingerprint density at radius 1 is 1.25 bits per heavy atom. The molecular formula is C10H22O6. The van der Waals surface area contributed by atoms with Crippen molar-refractivity contribution in [3.05, 3.63) is 0 Å². The lowest BCUT2D eigenvalue weighted by molar-refractivity contribution is -0.142. The molecule has 16 heavy (non-hydrogen) atoms. The second kappa shape index (κ2) is 14.3. The Morgan fingerprint density at radius 2 is 1.75 bits per heavy atom. The summed E-state index contributed by atoms with van der Waals surface area (Å²) in [4.78, 5) is 10.2. The summed E-state index contributed by atoms with van der Waals surface area (Å²) in [7, 11) is 1.61. The number of rotatable bonds is 7. The van der Waals surface area contributed by atoms with Crippen molar-refractivity contribution in [3.63, 3.8) is 0 Å². The molecule has 0 aromatic rings. The molecule has 0 saturated carbocycles. The van der Waals surface area contributed by atoms with E-state index in [2.05, 4.69) is 4.74 Å². The normalized spacial score (nSPS) is 11.3. The van der Waals surface area contributed by atoms with Gasteiger partial charge in [-0.2, -0.15) is 0 Å². The summed E-state index contributed by atoms with van der Waals surface area (Å²) in [6.07, 6.45) is -0.560. The highest BCUT2D eigenvalue weighted by Crippen LogP contribution is 1.79. The van der Waals surface area contributed by atoms with E-state index in [1.807, 2.05) is 0 Å². The van der Waals surface area contributed by atoms with Gasteiger partial charge in [0.05, 0.1) is 32.5 Å². The van der Waals surface area contributed by atoms with E-state index in [0.29, 0.717) is 26.4 Å². The molecule has 0 aliphatic rings. The van der Waals surface area contributed by atoms with Crippen LogP contribution >= 0.6 is 0 Å². The topological polar surface area (TPSA) is 85.2 Å². The van der Waals surface area contributed by atoms with Gasteiger partial charge in [-0.1, -0.05) is 0 Å². The highest BCUT2D eigenvalue weighted by Gasteiger charge is 1.91. The molecule has 0 rings (SSSR count). The zero-order valence-corrected chi connectivity index (χ0v) is 10.1. The number of aliphatic hydroxyl groups is 2. The fourth-order valence-electron chi connectivity index (χ4n) is 0.489. The predicted octanol–water partition coefficient (Wildman–Crippen LogP) is -0.428. The van der Waals surface area contributed by atoms with Crippen LogP contribution in [0, 0.1) is 0 Å². The number of hydrogen-bond acceptors (Lipinski definition) is 6. The lowest BCUT2D eigenvalue weighted by atomic mass is 10.5. The summed E-state index contributed by atoms with van der Waals surface area (Å²) in [5.41, 5.74) is 0. The summed E-state index contributed by atoms with van der Waals surface area (Å²) < 4.78 is 14.4. The minimum absolute atomic E-state index is 0.139. The Labute approximate surface area is 96.1 Å². The van der Waals surface area contributed by atoms with Crippen molar-refractivity contribution in [2.24, 2.45) is 0 Å². The fourth-order valence-corrected chi connectivity index (χ4v) is 0.489. The van der Waals surface area contributed by atoms with Gasteiger partial charge in [0.2, 0.25) is 0 Å². The summed E-state index contributed by atoms with van der Waals surface area (Å²) in [6.45, 7) is 4.62. The summed E-state index contributed by atoms with van der Waals surface area (Å²) in [5, 5.41) is 16.0. The maximum absolute atomic E-state index is 10.2. The summed E-state index contributed by atoms with van der Waals surface area (Å²) in [5.74, 6) is -0.277. The molecule has 0 amide bonds. The molecule has 1 atom stereocenters. The molecule has 1 unspecified atom stereocenters. The predicted molar refractivity (Wildman–Crippen MR) is 58.1 cm³/mol. The van der Waals surface area contributed by atoms with Gasteiger partial charge in [0.15, 0.2) is 0 Å². The summed E-state index contributed by atoms with van der Waals surface area (Å²) >= 11 is 0. The zero-order valence-electron chi connectivity index (χ0n) is 10.1. The molecule has 0 aromatic heterocycles. The van der Waals surface area contributed by atoms with Crippen molar-refractivity contribution < 1.29 is 29.2 Å². The molecule has 2 N–H and O–H groups in total. The molecule has 0 bridgehead atoms. The van der Waals surface area contributed by atoms with Crippen LogP contribution in [-0.4, -0.2) is 62.4 Å². The molecule has 0 radical (unpaired) electrons. The Hall–Kier alpha value is -0.690. The van der Waals surface area contributed by atoms with Crippen LogP contribution in [0.25, 0.3) is 0 Å². The second-order valence-corrected chi connectivity index (χ2v) is 2.98. The molecule has 6 nitrogen and oxygen atoms in total. The third-order valence-corrected chi connectivity index (χ3v) is 1.23. The van der Waals surface area contributed by atoms with Crippen molar-refractivity contribution in [1.82, 2.24) is 0 Å². The largest absolute Gasteiger partial charge is 0.463 e. The molecular weight excluding hydrogens is 216 g/mol. The monoisotopic (exact) mass is 238 g/mol. The van der Waals surface area contributed by atoms with Crippen molar-refractivity contribution in [2.45, 2.75) is 20.0 Å². The highest BCUT2D eigenvalue weighted by molar-refractivity contribution is 5.65. The highest BCUT2D eigenvalue weighted by atomic mass is 16.6. The number of carbonyl (C=O) groups is 1. The first-order valence-corrected chi connectivity index (χ1v) is 5.03. The maximum Gasteiger partial charge on any atom is 0.302 e. The number of hydrogen-bond donors (Lipinski definition) is 2. The maximum atomic E-state index is 10.2. The Bertz CT molecular complexity index is 148. The van der Waals surface area contributed by atoms with Crippen molar-refractivity contribution >= 4 is 5.97 Å². The first kappa shape index (κ1) is 17.7. The van der Waals surface area contributed by atoms with Gasteiger partial charge in [0.1, 0.15) is 6.61 Å². The van der Waals surface area contributed by atoms with E-state index in [0.717, 1.165) is 0 Å². The van der Waals surface area contributed by atoms with Gasteiger partial charge in [0.25, 0.3) is 0 Å². The molecule has 6 heteroatoms. The van der Waals surface area contributed by atoms with E-state index in [-0.39, 0.29) is 12.6 Å². The van der Waals surface area contributed by atoms with E-state index in [1.165, 1.54) is 13.8 Å². The van der Waals surface area contributed by atoms with Crippen LogP contribution in [0.4, 0.5) is 0 Å². The number of methoxy groups -OCH3 is 1. The zero-order chi connectivity index (χ0) is 12.8. The average molecular weight is 238 g/mol. The van der Waals surface area contributed by atoms with E-state index in [4.69, 9.17) is 19.7 Å². The van der Waals surface area contributed by atoms with Crippen molar-refractivity contribution in [3.8, 4) is 0 Å². The van der Waals surface area contributed by atoms with E-state index in [9.17, 15) is 4.79 Å². The minimum atomic E-state index is -0.560. The molecule has 0 aliphatic carbocycles. The van der Waals surface area contributed by atoms with Crippen LogP contribution in [0.1, 0.15) is 13.8 Å². The smallest absolute Gasteiger partial charge is 0.302 e. The van der Waals surface area contributed by atoms with Crippen LogP contribution in [0.3, 0.4) is 0 Å². The average Bonchev–Trinajstić information content (AvgIpc) is 2.23. The second-order valence-electron chi connectivity index (χ2n) is 2.98. The fraction of sp³-hybridized carbons (Fsp3) is 0.900. The van der Waals surface area contributed by atoms with Gasteiger partial charge in [0, 0.05) is 14.0 Å². The van der Waals surface area contributed by atoms with Crippen molar-refractivity contribution in [2.75, 3.05) is 40.1 Å². The lowest BCUT2D eigenvalue weighted by Gasteiger charge is -2.02. The lowest BCUT2D eigenvalue weighted by Crippen LogP contribution is -2.10. The minimum Gasteiger partial charge on any atom is -0.463 e. The van der Waals surface area contributed by atoms with Gasteiger partial charge in [-0.15, -0.1) is 0 Å². The number of aliphatic hydroxyl groups excluding tert-OH is 2. The summed E-state index contributed by atoms with van der Waals surface area (Å²) in [6, 6.07) is 0. The van der Waals surface area contributed by atoms with Gasteiger partial charge in [-0.25, -0.2) is 0 Å². The molecule has 0 aromatic carbocycles. The molecule has 0 aliphatic heterocycles. The third-order valence-electron chi connectivity index (χ3n) is 1.23. The van der Waals surface area contributed by atoms with Crippen LogP contribution in [0.2, 0.25) is 0 Å². The molecule has 0 spiro atoms. The van der Waals surface area contributed by atoms with Crippen LogP contribution in [0.5, 0.6) is 0 Å². The van der Waals surface area contributed by atoms with Gasteiger partial charge in [-0.3, -0.25) is 4.79 Å². The Morgan fingerprint density at radius 3 is 2.12 bits per heavy atom.